The van der Waals surface area contributed by atoms with Crippen LogP contribution >= 0.6 is 0 Å². The molecule has 25 heavy (non-hydrogen) atoms. The minimum Gasteiger partial charge on any atom is -0.454 e. The summed E-state index contributed by atoms with van der Waals surface area (Å²) in [5.41, 5.74) is 5.63. The largest absolute Gasteiger partial charge is 0.454 e. The Labute approximate surface area is 147 Å². The molecule has 0 unspecified atom stereocenters. The standard InChI is InChI=1S/C19H21N3O3/c1-22(2)16-7-3-15(4-8-16)12-20-21-19(23)10-6-14-5-9-17-18(11-14)25-13-24-17/h3-5,7-9,11-12H,6,10,13H2,1-2H3,(H,21,23). The van der Waals surface area contributed by atoms with Crippen LogP contribution in [0.4, 0.5) is 5.69 Å². The number of amides is 1. The predicted molar refractivity (Wildman–Crippen MR) is 97.4 cm³/mol. The molecule has 0 bridgehead atoms. The number of fused-ring (bicyclic) bond motifs is 1. The van der Waals surface area contributed by atoms with Gasteiger partial charge < -0.3 is 14.4 Å². The van der Waals surface area contributed by atoms with E-state index in [0.29, 0.717) is 12.8 Å². The van der Waals surface area contributed by atoms with Gasteiger partial charge in [0.1, 0.15) is 0 Å². The molecule has 1 N–H and O–H groups in total. The molecule has 130 valence electrons. The highest BCUT2D eigenvalue weighted by molar-refractivity contribution is 5.83. The van der Waals surface area contributed by atoms with Crippen LogP contribution in [0.1, 0.15) is 17.5 Å². The quantitative estimate of drug-likeness (QED) is 0.649. The number of hydrogen-bond donors (Lipinski definition) is 1. The summed E-state index contributed by atoms with van der Waals surface area (Å²) in [5.74, 6) is 1.36. The molecule has 1 amide bonds. The van der Waals surface area contributed by atoms with Crippen molar-refractivity contribution < 1.29 is 14.3 Å². The van der Waals surface area contributed by atoms with Gasteiger partial charge >= 0.3 is 0 Å². The van der Waals surface area contributed by atoms with Crippen molar-refractivity contribution in [2.75, 3.05) is 25.8 Å². The number of aryl methyl sites for hydroxylation is 1. The maximum absolute atomic E-state index is 11.9. The number of carbonyl (C=O) groups is 1. The average molecular weight is 339 g/mol. The summed E-state index contributed by atoms with van der Waals surface area (Å²) in [4.78, 5) is 13.9. The van der Waals surface area contributed by atoms with Crippen LogP contribution in [0.2, 0.25) is 0 Å². The molecule has 0 aliphatic carbocycles. The summed E-state index contributed by atoms with van der Waals surface area (Å²) in [5, 5.41) is 4.00. The van der Waals surface area contributed by atoms with Crippen LogP contribution in [0.25, 0.3) is 0 Å². The molecule has 0 spiro atoms. The Balaban J connectivity index is 1.46. The molecular weight excluding hydrogens is 318 g/mol. The van der Waals surface area contributed by atoms with E-state index in [1.54, 1.807) is 6.21 Å². The van der Waals surface area contributed by atoms with Crippen molar-refractivity contribution in [2.24, 2.45) is 5.10 Å². The normalized spacial score (nSPS) is 12.4. The highest BCUT2D eigenvalue weighted by atomic mass is 16.7. The first-order chi connectivity index (χ1) is 12.1. The van der Waals surface area contributed by atoms with Crippen molar-refractivity contribution >= 4 is 17.8 Å². The van der Waals surface area contributed by atoms with E-state index in [9.17, 15) is 4.79 Å². The number of rotatable bonds is 6. The minimum absolute atomic E-state index is 0.126. The summed E-state index contributed by atoms with van der Waals surface area (Å²) < 4.78 is 10.6. The molecule has 1 aliphatic heterocycles. The number of carbonyl (C=O) groups excluding carboxylic acids is 1. The van der Waals surface area contributed by atoms with Crippen LogP contribution in [0.3, 0.4) is 0 Å². The topological polar surface area (TPSA) is 63.2 Å². The first-order valence-electron chi connectivity index (χ1n) is 8.09. The fourth-order valence-corrected chi connectivity index (χ4v) is 2.45. The van der Waals surface area contributed by atoms with Crippen molar-refractivity contribution in [2.45, 2.75) is 12.8 Å². The number of benzene rings is 2. The maximum Gasteiger partial charge on any atom is 0.240 e. The Bertz CT molecular complexity index is 770. The van der Waals surface area contributed by atoms with E-state index >= 15 is 0 Å². The first-order valence-corrected chi connectivity index (χ1v) is 8.09. The van der Waals surface area contributed by atoms with Gasteiger partial charge in [0.25, 0.3) is 0 Å². The highest BCUT2D eigenvalue weighted by Gasteiger charge is 2.13. The second-order valence-corrected chi connectivity index (χ2v) is 5.97. The van der Waals surface area contributed by atoms with E-state index in [4.69, 9.17) is 9.47 Å². The summed E-state index contributed by atoms with van der Waals surface area (Å²) in [7, 11) is 3.98. The Morgan fingerprint density at radius 1 is 1.16 bits per heavy atom. The van der Waals surface area contributed by atoms with Crippen LogP contribution in [0.15, 0.2) is 47.6 Å². The average Bonchev–Trinajstić information content (AvgIpc) is 3.08. The van der Waals surface area contributed by atoms with Crippen LogP contribution in [-0.4, -0.2) is 33.0 Å². The fraction of sp³-hybridized carbons (Fsp3) is 0.263. The van der Waals surface area contributed by atoms with Gasteiger partial charge in [-0.15, -0.1) is 0 Å². The molecule has 0 aromatic heterocycles. The molecule has 0 saturated heterocycles. The molecule has 1 aliphatic rings. The van der Waals surface area contributed by atoms with E-state index in [1.165, 1.54) is 0 Å². The van der Waals surface area contributed by atoms with Gasteiger partial charge in [-0.1, -0.05) is 18.2 Å². The molecule has 0 fully saturated rings. The smallest absolute Gasteiger partial charge is 0.240 e. The van der Waals surface area contributed by atoms with Gasteiger partial charge in [0.15, 0.2) is 11.5 Å². The molecule has 2 aromatic carbocycles. The highest BCUT2D eigenvalue weighted by Crippen LogP contribution is 2.32. The zero-order valence-corrected chi connectivity index (χ0v) is 14.4. The van der Waals surface area contributed by atoms with Gasteiger partial charge in [-0.3, -0.25) is 4.79 Å². The van der Waals surface area contributed by atoms with Crippen molar-refractivity contribution in [1.29, 1.82) is 0 Å². The van der Waals surface area contributed by atoms with E-state index in [0.717, 1.165) is 28.3 Å². The second kappa shape index (κ2) is 7.70. The van der Waals surface area contributed by atoms with Crippen LogP contribution in [-0.2, 0) is 11.2 Å². The molecule has 0 saturated carbocycles. The first kappa shape index (κ1) is 16.8. The Kier molecular flexibility index (Phi) is 5.18. The lowest BCUT2D eigenvalue weighted by atomic mass is 10.1. The van der Waals surface area contributed by atoms with Gasteiger partial charge in [-0.05, 0) is 41.8 Å². The number of nitrogens with zero attached hydrogens (tertiary/aromatic N) is 2. The number of ether oxygens (including phenoxy) is 2. The maximum atomic E-state index is 11.9. The predicted octanol–water partition coefficient (Wildman–Crippen LogP) is 2.56. The Morgan fingerprint density at radius 2 is 1.92 bits per heavy atom. The molecule has 2 aromatic rings. The summed E-state index contributed by atoms with van der Waals surface area (Å²) >= 11 is 0. The van der Waals surface area contributed by atoms with Crippen molar-refractivity contribution in [3.8, 4) is 11.5 Å². The minimum atomic E-state index is -0.126. The van der Waals surface area contributed by atoms with Gasteiger partial charge in [-0.2, -0.15) is 5.10 Å². The molecule has 6 heteroatoms. The second-order valence-electron chi connectivity index (χ2n) is 5.97. The van der Waals surface area contributed by atoms with Crippen molar-refractivity contribution in [3.05, 3.63) is 53.6 Å². The third-order valence-corrected chi connectivity index (χ3v) is 3.89. The zero-order chi connectivity index (χ0) is 17.6. The SMILES string of the molecule is CN(C)c1ccc(C=NNC(=O)CCc2ccc3c(c2)OCO3)cc1. The molecule has 0 atom stereocenters. The zero-order valence-electron chi connectivity index (χ0n) is 14.4. The lowest BCUT2D eigenvalue weighted by Gasteiger charge is -2.11. The molecule has 6 nitrogen and oxygen atoms in total. The van der Waals surface area contributed by atoms with Crippen LogP contribution < -0.4 is 19.8 Å². The lowest BCUT2D eigenvalue weighted by molar-refractivity contribution is -0.121. The summed E-state index contributed by atoms with van der Waals surface area (Å²) in [6.45, 7) is 0.253. The van der Waals surface area contributed by atoms with E-state index < -0.39 is 0 Å². The summed E-state index contributed by atoms with van der Waals surface area (Å²) in [6, 6.07) is 13.6. The van der Waals surface area contributed by atoms with E-state index in [1.807, 2.05) is 61.5 Å². The van der Waals surface area contributed by atoms with Gasteiger partial charge in [-0.25, -0.2) is 5.43 Å². The van der Waals surface area contributed by atoms with Gasteiger partial charge in [0.2, 0.25) is 12.7 Å². The molecule has 1 heterocycles. The van der Waals surface area contributed by atoms with E-state index in [-0.39, 0.29) is 12.7 Å². The number of nitrogens with one attached hydrogen (secondary N) is 1. The van der Waals surface area contributed by atoms with Gasteiger partial charge in [0.05, 0.1) is 6.21 Å². The number of anilines is 1. The Morgan fingerprint density at radius 3 is 2.68 bits per heavy atom. The van der Waals surface area contributed by atoms with Crippen molar-refractivity contribution in [1.82, 2.24) is 5.43 Å². The third kappa shape index (κ3) is 4.50. The third-order valence-electron chi connectivity index (χ3n) is 3.89. The van der Waals surface area contributed by atoms with E-state index in [2.05, 4.69) is 10.5 Å². The molecular formula is C19H21N3O3. The van der Waals surface area contributed by atoms with Crippen LogP contribution in [0, 0.1) is 0 Å². The van der Waals surface area contributed by atoms with Crippen molar-refractivity contribution in [3.63, 3.8) is 0 Å². The molecule has 3 rings (SSSR count). The fourth-order valence-electron chi connectivity index (χ4n) is 2.45. The van der Waals surface area contributed by atoms with Crippen LogP contribution in [0.5, 0.6) is 11.5 Å². The van der Waals surface area contributed by atoms with Gasteiger partial charge in [0, 0.05) is 26.2 Å². The monoisotopic (exact) mass is 339 g/mol. The molecule has 0 radical (unpaired) electrons. The Hall–Kier alpha value is -3.02. The lowest BCUT2D eigenvalue weighted by Crippen LogP contribution is -2.17. The number of hydrazone groups is 1. The number of hydrogen-bond acceptors (Lipinski definition) is 5. The summed E-state index contributed by atoms with van der Waals surface area (Å²) in [6.07, 6.45) is 2.62.